The predicted molar refractivity (Wildman–Crippen MR) is 69.1 cm³/mol. The second kappa shape index (κ2) is 4.95. The molecule has 1 aromatic rings. The number of nitrogens with two attached hydrogens (primary N) is 2. The summed E-state index contributed by atoms with van der Waals surface area (Å²) in [6.07, 6.45) is 0. The quantitative estimate of drug-likeness (QED) is 0.665. The molecule has 0 aliphatic heterocycles. The Morgan fingerprint density at radius 2 is 2.13 bits per heavy atom. The lowest BCUT2D eigenvalue weighted by Crippen LogP contribution is -2.20. The van der Waals surface area contributed by atoms with E-state index < -0.39 is 0 Å². The molecule has 0 amide bonds. The average Bonchev–Trinajstić information content (AvgIpc) is 2.17. The van der Waals surface area contributed by atoms with Gasteiger partial charge in [-0.25, -0.2) is 0 Å². The van der Waals surface area contributed by atoms with Crippen molar-refractivity contribution in [2.24, 2.45) is 11.5 Å². The van der Waals surface area contributed by atoms with E-state index in [1.165, 1.54) is 0 Å². The van der Waals surface area contributed by atoms with Crippen molar-refractivity contribution in [3.63, 3.8) is 0 Å². The molecule has 0 unspecified atom stereocenters. The predicted octanol–water partition coefficient (Wildman–Crippen LogP) is 0.867. The van der Waals surface area contributed by atoms with E-state index in [1.54, 1.807) is 0 Å². The highest BCUT2D eigenvalue weighted by molar-refractivity contribution is 7.80. The van der Waals surface area contributed by atoms with Crippen LogP contribution in [-0.2, 0) is 6.54 Å². The number of rotatable bonds is 3. The van der Waals surface area contributed by atoms with Gasteiger partial charge in [0.25, 0.3) is 0 Å². The van der Waals surface area contributed by atoms with Gasteiger partial charge in [0.05, 0.1) is 0 Å². The minimum atomic E-state index is 0.252. The van der Waals surface area contributed by atoms with E-state index in [1.807, 2.05) is 37.2 Å². The fourth-order valence-electron chi connectivity index (χ4n) is 1.28. The van der Waals surface area contributed by atoms with E-state index in [0.29, 0.717) is 6.54 Å². The third kappa shape index (κ3) is 3.07. The van der Waals surface area contributed by atoms with Crippen LogP contribution in [0.1, 0.15) is 5.56 Å². The minimum Gasteiger partial charge on any atom is -0.378 e. The Kier molecular flexibility index (Phi) is 3.88. The maximum atomic E-state index is 5.65. The van der Waals surface area contributed by atoms with Gasteiger partial charge in [-0.15, -0.1) is 0 Å². The normalized spacial score (nSPS) is 9.80. The maximum Gasteiger partial charge on any atom is 0.168 e. The molecule has 0 fully saturated rings. The van der Waals surface area contributed by atoms with Crippen LogP contribution < -0.4 is 21.7 Å². The van der Waals surface area contributed by atoms with E-state index in [0.717, 1.165) is 16.9 Å². The van der Waals surface area contributed by atoms with E-state index in [9.17, 15) is 0 Å². The number of anilines is 2. The highest BCUT2D eigenvalue weighted by Crippen LogP contribution is 2.21. The molecule has 0 aliphatic rings. The summed E-state index contributed by atoms with van der Waals surface area (Å²) in [4.78, 5) is 2.02. The van der Waals surface area contributed by atoms with Crippen molar-refractivity contribution in [3.05, 3.63) is 23.8 Å². The average molecular weight is 224 g/mol. The van der Waals surface area contributed by atoms with Crippen molar-refractivity contribution in [2.75, 3.05) is 24.3 Å². The van der Waals surface area contributed by atoms with Gasteiger partial charge in [0.15, 0.2) is 5.11 Å². The van der Waals surface area contributed by atoms with Crippen molar-refractivity contribution < 1.29 is 0 Å². The Morgan fingerprint density at radius 1 is 1.47 bits per heavy atom. The molecule has 5 N–H and O–H groups in total. The van der Waals surface area contributed by atoms with Crippen molar-refractivity contribution in [1.82, 2.24) is 0 Å². The highest BCUT2D eigenvalue weighted by atomic mass is 32.1. The molecule has 82 valence electrons. The lowest BCUT2D eigenvalue weighted by atomic mass is 10.1. The van der Waals surface area contributed by atoms with E-state index in [4.69, 9.17) is 23.7 Å². The van der Waals surface area contributed by atoms with Gasteiger partial charge in [0.2, 0.25) is 0 Å². The summed E-state index contributed by atoms with van der Waals surface area (Å²) in [7, 11) is 3.96. The lowest BCUT2D eigenvalue weighted by Gasteiger charge is -2.16. The zero-order valence-corrected chi connectivity index (χ0v) is 9.77. The monoisotopic (exact) mass is 224 g/mol. The van der Waals surface area contributed by atoms with E-state index in [2.05, 4.69) is 5.32 Å². The topological polar surface area (TPSA) is 67.3 Å². The molecular formula is C10H16N4S. The third-order valence-corrected chi connectivity index (χ3v) is 2.19. The summed E-state index contributed by atoms with van der Waals surface area (Å²) in [5, 5.41) is 3.15. The largest absolute Gasteiger partial charge is 0.378 e. The van der Waals surface area contributed by atoms with Crippen molar-refractivity contribution in [1.29, 1.82) is 0 Å². The van der Waals surface area contributed by atoms with Gasteiger partial charge in [-0.2, -0.15) is 0 Å². The summed E-state index contributed by atoms with van der Waals surface area (Å²) in [6, 6.07) is 5.93. The van der Waals surface area contributed by atoms with Crippen molar-refractivity contribution in [3.8, 4) is 0 Å². The molecule has 0 aliphatic carbocycles. The molecule has 0 spiro atoms. The van der Waals surface area contributed by atoms with Crippen LogP contribution in [0.5, 0.6) is 0 Å². The highest BCUT2D eigenvalue weighted by Gasteiger charge is 2.04. The number of nitrogens with one attached hydrogen (secondary N) is 1. The molecule has 0 saturated heterocycles. The fourth-order valence-corrected chi connectivity index (χ4v) is 1.39. The second-order valence-corrected chi connectivity index (χ2v) is 3.87. The Labute approximate surface area is 95.2 Å². The van der Waals surface area contributed by atoms with Crippen LogP contribution in [0.25, 0.3) is 0 Å². The fraction of sp³-hybridized carbons (Fsp3) is 0.300. The van der Waals surface area contributed by atoms with Crippen LogP contribution in [0.15, 0.2) is 18.2 Å². The molecule has 0 saturated carbocycles. The molecule has 0 aromatic heterocycles. The van der Waals surface area contributed by atoms with Gasteiger partial charge < -0.3 is 21.7 Å². The van der Waals surface area contributed by atoms with Crippen LogP contribution in [0.4, 0.5) is 11.4 Å². The zero-order chi connectivity index (χ0) is 11.4. The smallest absolute Gasteiger partial charge is 0.168 e. The first-order chi connectivity index (χ1) is 7.04. The van der Waals surface area contributed by atoms with Crippen LogP contribution in [0.2, 0.25) is 0 Å². The number of thiocarbonyl (C=S) groups is 1. The number of benzene rings is 1. The molecule has 1 aromatic carbocycles. The van der Waals surface area contributed by atoms with Gasteiger partial charge >= 0.3 is 0 Å². The molecule has 0 radical (unpaired) electrons. The Morgan fingerprint density at radius 3 is 2.60 bits per heavy atom. The maximum absolute atomic E-state index is 5.65. The first-order valence-corrected chi connectivity index (χ1v) is 5.02. The summed E-state index contributed by atoms with van der Waals surface area (Å²) < 4.78 is 0. The van der Waals surface area contributed by atoms with Crippen LogP contribution in [-0.4, -0.2) is 19.2 Å². The molecule has 1 rings (SSSR count). The van der Waals surface area contributed by atoms with Crippen molar-refractivity contribution in [2.45, 2.75) is 6.54 Å². The van der Waals surface area contributed by atoms with Gasteiger partial charge in [0.1, 0.15) is 0 Å². The third-order valence-electron chi connectivity index (χ3n) is 2.08. The molecule has 0 heterocycles. The Balaban J connectivity index is 3.03. The summed E-state index contributed by atoms with van der Waals surface area (Å²) in [5.74, 6) is 0. The molecule has 15 heavy (non-hydrogen) atoms. The molecule has 0 bridgehead atoms. The number of hydrogen-bond acceptors (Lipinski definition) is 3. The first kappa shape index (κ1) is 11.7. The number of hydrogen-bond donors (Lipinski definition) is 3. The summed E-state index contributed by atoms with van der Waals surface area (Å²) in [5.41, 5.74) is 14.0. The van der Waals surface area contributed by atoms with Crippen LogP contribution in [0, 0.1) is 0 Å². The Hall–Kier alpha value is -1.33. The van der Waals surface area contributed by atoms with Crippen molar-refractivity contribution >= 4 is 28.7 Å². The first-order valence-electron chi connectivity index (χ1n) is 4.61. The van der Waals surface area contributed by atoms with Gasteiger partial charge in [-0.1, -0.05) is 0 Å². The summed E-state index contributed by atoms with van der Waals surface area (Å²) in [6.45, 7) is 0.451. The molecule has 4 nitrogen and oxygen atoms in total. The van der Waals surface area contributed by atoms with E-state index >= 15 is 0 Å². The lowest BCUT2D eigenvalue weighted by molar-refractivity contribution is 1.06. The minimum absolute atomic E-state index is 0.252. The second-order valence-electron chi connectivity index (χ2n) is 3.43. The molecule has 0 atom stereocenters. The standard InChI is InChI=1S/C10H16N4S/c1-14(2)8-3-4-9(13-10(12)15)7(5-8)6-11/h3-5H,6,11H2,1-2H3,(H3,12,13,15). The zero-order valence-electron chi connectivity index (χ0n) is 8.95. The van der Waals surface area contributed by atoms with Gasteiger partial charge in [0, 0.05) is 32.0 Å². The van der Waals surface area contributed by atoms with Crippen LogP contribution >= 0.6 is 12.2 Å². The number of nitrogens with zero attached hydrogens (tertiary/aromatic N) is 1. The Bertz CT molecular complexity index is 362. The summed E-state index contributed by atoms with van der Waals surface area (Å²) >= 11 is 4.78. The van der Waals surface area contributed by atoms with Gasteiger partial charge in [-0.3, -0.25) is 0 Å². The van der Waals surface area contributed by atoms with E-state index in [-0.39, 0.29) is 5.11 Å². The molecular weight excluding hydrogens is 208 g/mol. The SMILES string of the molecule is CN(C)c1ccc(NC(N)=S)c(CN)c1. The van der Waals surface area contributed by atoms with Crippen LogP contribution in [0.3, 0.4) is 0 Å². The van der Waals surface area contributed by atoms with Gasteiger partial charge in [-0.05, 0) is 36.0 Å². The molecule has 5 heteroatoms.